The largest absolute Gasteiger partial charge is 0.307 e. The van der Waals surface area contributed by atoms with Crippen LogP contribution >= 0.6 is 0 Å². The number of anilines is 1. The number of amides is 1. The van der Waals surface area contributed by atoms with Gasteiger partial charge in [-0.1, -0.05) is 24.6 Å². The monoisotopic (exact) mass is 257 g/mol. The molecule has 0 unspecified atom stereocenters. The highest BCUT2D eigenvalue weighted by atomic mass is 16.1. The molecule has 0 aliphatic rings. The van der Waals surface area contributed by atoms with E-state index in [0.717, 1.165) is 17.8 Å². The molecule has 0 aliphatic heterocycles. The summed E-state index contributed by atoms with van der Waals surface area (Å²) in [5, 5.41) is 7.16. The number of hydrogen-bond donors (Lipinski definition) is 1. The summed E-state index contributed by atoms with van der Waals surface area (Å²) >= 11 is 0. The molecule has 2 rings (SSSR count). The normalized spacial score (nSPS) is 12.2. The molecule has 0 aliphatic carbocycles. The van der Waals surface area contributed by atoms with E-state index in [1.807, 2.05) is 41.9 Å². The molecule has 0 bridgehead atoms. The van der Waals surface area contributed by atoms with Crippen molar-refractivity contribution in [1.29, 1.82) is 0 Å². The van der Waals surface area contributed by atoms with E-state index < -0.39 is 0 Å². The van der Waals surface area contributed by atoms with E-state index in [2.05, 4.69) is 24.3 Å². The minimum atomic E-state index is -0.103. The number of aryl methyl sites for hydroxylation is 1. The maximum Gasteiger partial charge on any atom is 0.256 e. The Morgan fingerprint density at radius 1 is 1.42 bits per heavy atom. The van der Waals surface area contributed by atoms with Crippen LogP contribution in [0.3, 0.4) is 0 Å². The quantitative estimate of drug-likeness (QED) is 0.912. The van der Waals surface area contributed by atoms with Crippen LogP contribution < -0.4 is 5.32 Å². The summed E-state index contributed by atoms with van der Waals surface area (Å²) in [6.07, 6.45) is 2.67. The molecule has 0 fully saturated rings. The van der Waals surface area contributed by atoms with Crippen molar-refractivity contribution in [1.82, 2.24) is 9.78 Å². The zero-order valence-electron chi connectivity index (χ0n) is 11.6. The van der Waals surface area contributed by atoms with Gasteiger partial charge in [0.25, 0.3) is 5.91 Å². The van der Waals surface area contributed by atoms with E-state index in [-0.39, 0.29) is 11.9 Å². The molecule has 1 atom stereocenters. The van der Waals surface area contributed by atoms with Gasteiger partial charge < -0.3 is 5.32 Å². The fourth-order valence-corrected chi connectivity index (χ4v) is 1.91. The van der Waals surface area contributed by atoms with Gasteiger partial charge in [0.1, 0.15) is 5.82 Å². The third-order valence-electron chi connectivity index (χ3n) is 3.20. The molecule has 1 amide bonds. The zero-order valence-corrected chi connectivity index (χ0v) is 11.6. The average molecular weight is 257 g/mol. The first-order valence-electron chi connectivity index (χ1n) is 6.53. The summed E-state index contributed by atoms with van der Waals surface area (Å²) in [5.41, 5.74) is 1.74. The van der Waals surface area contributed by atoms with Gasteiger partial charge >= 0.3 is 0 Å². The van der Waals surface area contributed by atoms with Crippen LogP contribution in [0.15, 0.2) is 36.5 Å². The SMILES string of the molecule is CC[C@@H](C)n1nccc1NC(=O)c1cccc(C)c1. The molecule has 4 heteroatoms. The van der Waals surface area contributed by atoms with E-state index in [0.29, 0.717) is 5.56 Å². The van der Waals surface area contributed by atoms with Crippen molar-refractivity contribution in [2.75, 3.05) is 5.32 Å². The van der Waals surface area contributed by atoms with Crippen LogP contribution in [-0.4, -0.2) is 15.7 Å². The molecule has 100 valence electrons. The van der Waals surface area contributed by atoms with Gasteiger partial charge in [0.15, 0.2) is 0 Å². The van der Waals surface area contributed by atoms with Crippen LogP contribution in [0, 0.1) is 6.92 Å². The Labute approximate surface area is 113 Å². The highest BCUT2D eigenvalue weighted by Crippen LogP contribution is 2.17. The van der Waals surface area contributed by atoms with E-state index in [4.69, 9.17) is 0 Å². The molecule has 0 saturated carbocycles. The number of nitrogens with zero attached hydrogens (tertiary/aromatic N) is 2. The summed E-state index contributed by atoms with van der Waals surface area (Å²) in [4.78, 5) is 12.2. The molecule has 1 aromatic heterocycles. The van der Waals surface area contributed by atoms with Crippen LogP contribution in [-0.2, 0) is 0 Å². The summed E-state index contributed by atoms with van der Waals surface area (Å²) in [6, 6.07) is 9.63. The second kappa shape index (κ2) is 5.69. The molecule has 1 aromatic carbocycles. The predicted octanol–water partition coefficient (Wildman–Crippen LogP) is 3.41. The van der Waals surface area contributed by atoms with E-state index >= 15 is 0 Å². The Hall–Kier alpha value is -2.10. The van der Waals surface area contributed by atoms with Crippen LogP contribution in [0.5, 0.6) is 0 Å². The lowest BCUT2D eigenvalue weighted by atomic mass is 10.1. The highest BCUT2D eigenvalue weighted by molar-refractivity contribution is 6.03. The third-order valence-corrected chi connectivity index (χ3v) is 3.20. The van der Waals surface area contributed by atoms with Crippen molar-refractivity contribution < 1.29 is 4.79 Å². The minimum Gasteiger partial charge on any atom is -0.307 e. The third kappa shape index (κ3) is 3.02. The second-order valence-corrected chi connectivity index (χ2v) is 4.74. The van der Waals surface area contributed by atoms with Gasteiger partial charge in [-0.3, -0.25) is 4.79 Å². The van der Waals surface area contributed by atoms with Gasteiger partial charge in [-0.15, -0.1) is 0 Å². The Balaban J connectivity index is 2.18. The van der Waals surface area contributed by atoms with Crippen molar-refractivity contribution in [3.05, 3.63) is 47.7 Å². The zero-order chi connectivity index (χ0) is 13.8. The van der Waals surface area contributed by atoms with Gasteiger partial charge in [0.2, 0.25) is 0 Å². The van der Waals surface area contributed by atoms with Gasteiger partial charge in [-0.2, -0.15) is 5.10 Å². The molecule has 0 saturated heterocycles. The Kier molecular flexibility index (Phi) is 4.00. The first kappa shape index (κ1) is 13.3. The lowest BCUT2D eigenvalue weighted by Crippen LogP contribution is -2.17. The summed E-state index contributed by atoms with van der Waals surface area (Å²) in [5.74, 6) is 0.634. The van der Waals surface area contributed by atoms with Crippen LogP contribution in [0.1, 0.15) is 42.2 Å². The number of benzene rings is 1. The molecular formula is C15H19N3O. The first-order valence-corrected chi connectivity index (χ1v) is 6.53. The number of hydrogen-bond acceptors (Lipinski definition) is 2. The molecule has 19 heavy (non-hydrogen) atoms. The lowest BCUT2D eigenvalue weighted by Gasteiger charge is -2.14. The molecule has 4 nitrogen and oxygen atoms in total. The Morgan fingerprint density at radius 2 is 2.21 bits per heavy atom. The summed E-state index contributed by atoms with van der Waals surface area (Å²) < 4.78 is 1.84. The molecule has 1 heterocycles. The topological polar surface area (TPSA) is 46.9 Å². The van der Waals surface area contributed by atoms with E-state index in [1.54, 1.807) is 6.20 Å². The summed E-state index contributed by atoms with van der Waals surface area (Å²) in [6.45, 7) is 6.15. The molecule has 0 spiro atoms. The second-order valence-electron chi connectivity index (χ2n) is 4.74. The van der Waals surface area contributed by atoms with Crippen LogP contribution in [0.2, 0.25) is 0 Å². The smallest absolute Gasteiger partial charge is 0.256 e. The van der Waals surface area contributed by atoms with Crippen LogP contribution in [0.4, 0.5) is 5.82 Å². The van der Waals surface area contributed by atoms with Crippen molar-refractivity contribution in [2.45, 2.75) is 33.2 Å². The molecule has 2 aromatic rings. The molecule has 0 radical (unpaired) electrons. The van der Waals surface area contributed by atoms with Crippen molar-refractivity contribution >= 4 is 11.7 Å². The summed E-state index contributed by atoms with van der Waals surface area (Å²) in [7, 11) is 0. The van der Waals surface area contributed by atoms with E-state index in [9.17, 15) is 4.79 Å². The number of carbonyl (C=O) groups is 1. The number of carbonyl (C=O) groups excluding carboxylic acids is 1. The standard InChI is InChI=1S/C15H19N3O/c1-4-12(3)18-14(8-9-16-18)17-15(19)13-7-5-6-11(2)10-13/h5-10,12H,4H2,1-3H3,(H,17,19)/t12-/m1/s1. The Bertz CT molecular complexity index is 574. The highest BCUT2D eigenvalue weighted by Gasteiger charge is 2.12. The fraction of sp³-hybridized carbons (Fsp3) is 0.333. The first-order chi connectivity index (χ1) is 9.11. The lowest BCUT2D eigenvalue weighted by molar-refractivity contribution is 0.102. The predicted molar refractivity (Wildman–Crippen MR) is 76.4 cm³/mol. The minimum absolute atomic E-state index is 0.103. The van der Waals surface area contributed by atoms with Crippen molar-refractivity contribution in [2.24, 2.45) is 0 Å². The maximum absolute atomic E-state index is 12.2. The van der Waals surface area contributed by atoms with Gasteiger partial charge in [-0.05, 0) is 32.4 Å². The van der Waals surface area contributed by atoms with Crippen molar-refractivity contribution in [3.63, 3.8) is 0 Å². The van der Waals surface area contributed by atoms with E-state index in [1.165, 1.54) is 0 Å². The molecule has 1 N–H and O–H groups in total. The van der Waals surface area contributed by atoms with Gasteiger partial charge in [-0.25, -0.2) is 4.68 Å². The number of aromatic nitrogens is 2. The fourth-order valence-electron chi connectivity index (χ4n) is 1.91. The number of rotatable bonds is 4. The average Bonchev–Trinajstić information content (AvgIpc) is 2.86. The van der Waals surface area contributed by atoms with Crippen molar-refractivity contribution in [3.8, 4) is 0 Å². The van der Waals surface area contributed by atoms with Crippen LogP contribution in [0.25, 0.3) is 0 Å². The maximum atomic E-state index is 12.2. The molecular weight excluding hydrogens is 238 g/mol. The van der Waals surface area contributed by atoms with Gasteiger partial charge in [0, 0.05) is 11.6 Å². The number of nitrogens with one attached hydrogen (secondary N) is 1. The Morgan fingerprint density at radius 3 is 2.89 bits per heavy atom. The van der Waals surface area contributed by atoms with Gasteiger partial charge in [0.05, 0.1) is 12.2 Å².